The van der Waals surface area contributed by atoms with Crippen molar-refractivity contribution in [1.82, 2.24) is 0 Å². The van der Waals surface area contributed by atoms with Crippen LogP contribution >= 0.6 is 0 Å². The number of fused-ring (bicyclic) bond motifs is 1. The van der Waals surface area contributed by atoms with Crippen LogP contribution in [0.4, 0.5) is 0 Å². The van der Waals surface area contributed by atoms with Gasteiger partial charge >= 0.3 is 0 Å². The minimum atomic E-state index is 0.798. The fourth-order valence-corrected chi connectivity index (χ4v) is 2.12. The Bertz CT molecular complexity index is 213. The third-order valence-electron chi connectivity index (χ3n) is 2.78. The van der Waals surface area contributed by atoms with Gasteiger partial charge < -0.3 is 0 Å². The third kappa shape index (κ3) is 1.42. The van der Waals surface area contributed by atoms with Gasteiger partial charge in [0.1, 0.15) is 0 Å². The Morgan fingerprint density at radius 2 is 1.91 bits per heavy atom. The molecule has 0 unspecified atom stereocenters. The highest BCUT2D eigenvalue weighted by Gasteiger charge is 2.16. The Morgan fingerprint density at radius 3 is 2.73 bits per heavy atom. The average Bonchev–Trinajstić information content (AvgIpc) is 2.04. The number of allylic oxidation sites excluding steroid dienone is 3. The van der Waals surface area contributed by atoms with Gasteiger partial charge in [-0.05, 0) is 25.7 Å². The van der Waals surface area contributed by atoms with Crippen LogP contribution in [0.15, 0.2) is 23.2 Å². The zero-order valence-corrected chi connectivity index (χ0v) is 7.27. The molecule has 0 aromatic carbocycles. The Hall–Kier alpha value is -0.455. The lowest BCUT2D eigenvalue weighted by Gasteiger charge is -2.22. The van der Waals surface area contributed by atoms with Crippen LogP contribution in [0.5, 0.6) is 0 Å². The maximum absolute atomic E-state index is 2.48. The molecule has 1 fully saturated rings. The smallest absolute Gasteiger partial charge is 0.112 e. The zero-order valence-electron chi connectivity index (χ0n) is 7.27. The van der Waals surface area contributed by atoms with Crippen molar-refractivity contribution < 1.29 is 0 Å². The van der Waals surface area contributed by atoms with E-state index in [2.05, 4.69) is 18.9 Å². The summed E-state index contributed by atoms with van der Waals surface area (Å²) in [5, 5.41) is 0. The second-order valence-corrected chi connectivity index (χ2v) is 3.84. The lowest BCUT2D eigenvalue weighted by atomic mass is 9.46. The molecule has 0 atom stereocenters. The van der Waals surface area contributed by atoms with Gasteiger partial charge in [0.25, 0.3) is 0 Å². The fourth-order valence-electron chi connectivity index (χ4n) is 2.12. The molecule has 0 amide bonds. The SMILES string of the molecule is CB1C=C2CCCCC2=CC1. The summed E-state index contributed by atoms with van der Waals surface area (Å²) in [6, 6.07) is 0. The average molecular weight is 146 g/mol. The molecule has 0 spiro atoms. The van der Waals surface area contributed by atoms with E-state index in [9.17, 15) is 0 Å². The highest BCUT2D eigenvalue weighted by molar-refractivity contribution is 6.63. The molecule has 0 nitrogen and oxygen atoms in total. The number of hydrogen-bond acceptors (Lipinski definition) is 0. The normalized spacial score (nSPS) is 23.9. The van der Waals surface area contributed by atoms with Gasteiger partial charge in [0, 0.05) is 0 Å². The van der Waals surface area contributed by atoms with E-state index in [4.69, 9.17) is 0 Å². The maximum Gasteiger partial charge on any atom is 0.167 e. The fraction of sp³-hybridized carbons (Fsp3) is 0.600. The van der Waals surface area contributed by atoms with E-state index in [1.54, 1.807) is 11.1 Å². The van der Waals surface area contributed by atoms with E-state index in [0.29, 0.717) is 0 Å². The van der Waals surface area contributed by atoms with E-state index in [-0.39, 0.29) is 0 Å². The van der Waals surface area contributed by atoms with Crippen LogP contribution in [0.25, 0.3) is 0 Å². The molecule has 0 radical (unpaired) electrons. The van der Waals surface area contributed by atoms with Crippen LogP contribution in [0.1, 0.15) is 25.7 Å². The minimum Gasteiger partial charge on any atom is -0.112 e. The van der Waals surface area contributed by atoms with Crippen molar-refractivity contribution in [1.29, 1.82) is 0 Å². The number of hydrogen-bond donors (Lipinski definition) is 0. The van der Waals surface area contributed by atoms with Crippen molar-refractivity contribution in [3.63, 3.8) is 0 Å². The third-order valence-corrected chi connectivity index (χ3v) is 2.78. The second-order valence-electron chi connectivity index (χ2n) is 3.84. The predicted octanol–water partition coefficient (Wildman–Crippen LogP) is 3.09. The molecule has 0 saturated heterocycles. The Labute approximate surface area is 69.5 Å². The molecular formula is C10H15B. The van der Waals surface area contributed by atoms with E-state index in [1.807, 2.05) is 0 Å². The van der Waals surface area contributed by atoms with Crippen LogP contribution in [-0.2, 0) is 0 Å². The monoisotopic (exact) mass is 146 g/mol. The number of rotatable bonds is 0. The predicted molar refractivity (Wildman–Crippen MR) is 51.1 cm³/mol. The topological polar surface area (TPSA) is 0 Å². The molecule has 1 heteroatoms. The van der Waals surface area contributed by atoms with Crippen LogP contribution in [-0.4, -0.2) is 6.71 Å². The van der Waals surface area contributed by atoms with E-state index in [0.717, 1.165) is 6.71 Å². The lowest BCUT2D eigenvalue weighted by Crippen LogP contribution is -2.11. The van der Waals surface area contributed by atoms with E-state index < -0.39 is 0 Å². The molecule has 1 heterocycles. The van der Waals surface area contributed by atoms with Gasteiger partial charge in [0.15, 0.2) is 6.71 Å². The summed E-state index contributed by atoms with van der Waals surface area (Å²) in [6.45, 7) is 3.11. The van der Waals surface area contributed by atoms with Crippen LogP contribution in [0.3, 0.4) is 0 Å². The van der Waals surface area contributed by atoms with Gasteiger partial charge in [-0.2, -0.15) is 0 Å². The summed E-state index contributed by atoms with van der Waals surface area (Å²) in [4.78, 5) is 0. The molecule has 2 aliphatic rings. The molecule has 2 rings (SSSR count). The van der Waals surface area contributed by atoms with Gasteiger partial charge in [-0.1, -0.05) is 30.4 Å². The van der Waals surface area contributed by atoms with Crippen LogP contribution in [0, 0.1) is 0 Å². The zero-order chi connectivity index (χ0) is 7.68. The highest BCUT2D eigenvalue weighted by Crippen LogP contribution is 2.32. The van der Waals surface area contributed by atoms with Gasteiger partial charge in [0.05, 0.1) is 0 Å². The van der Waals surface area contributed by atoms with Crippen LogP contribution < -0.4 is 0 Å². The summed E-state index contributed by atoms with van der Waals surface area (Å²) >= 11 is 0. The Morgan fingerprint density at radius 1 is 1.18 bits per heavy atom. The molecule has 58 valence electrons. The molecule has 0 aromatic rings. The molecule has 0 aromatic heterocycles. The lowest BCUT2D eigenvalue weighted by molar-refractivity contribution is 0.677. The Balaban J connectivity index is 2.19. The summed E-state index contributed by atoms with van der Waals surface area (Å²) in [5.74, 6) is 2.48. The standard InChI is InChI=1S/C10H15B/c1-11-7-6-9-4-2-3-5-10(9)8-11/h6,8H,2-5,7H2,1H3. The molecule has 1 aliphatic heterocycles. The largest absolute Gasteiger partial charge is 0.167 e. The second kappa shape index (κ2) is 2.88. The minimum absolute atomic E-state index is 0.798. The van der Waals surface area contributed by atoms with E-state index in [1.165, 1.54) is 32.0 Å². The molecule has 1 aliphatic carbocycles. The van der Waals surface area contributed by atoms with E-state index >= 15 is 0 Å². The van der Waals surface area contributed by atoms with Crippen molar-refractivity contribution in [2.75, 3.05) is 0 Å². The van der Waals surface area contributed by atoms with Gasteiger partial charge in [-0.15, -0.1) is 5.98 Å². The van der Waals surface area contributed by atoms with Gasteiger partial charge in [0.2, 0.25) is 0 Å². The maximum atomic E-state index is 2.48. The first-order chi connectivity index (χ1) is 5.36. The van der Waals surface area contributed by atoms with Crippen molar-refractivity contribution >= 4 is 6.71 Å². The van der Waals surface area contributed by atoms with Crippen LogP contribution in [0.2, 0.25) is 13.1 Å². The first-order valence-electron chi connectivity index (χ1n) is 4.76. The molecular weight excluding hydrogens is 131 g/mol. The molecule has 1 saturated carbocycles. The summed E-state index contributed by atoms with van der Waals surface area (Å²) < 4.78 is 0. The highest BCUT2D eigenvalue weighted by atomic mass is 14.2. The van der Waals surface area contributed by atoms with Gasteiger partial charge in [-0.3, -0.25) is 0 Å². The molecule has 0 N–H and O–H groups in total. The summed E-state index contributed by atoms with van der Waals surface area (Å²) in [5.41, 5.74) is 3.32. The molecule has 0 bridgehead atoms. The van der Waals surface area contributed by atoms with Crippen molar-refractivity contribution in [3.8, 4) is 0 Å². The summed E-state index contributed by atoms with van der Waals surface area (Å²) in [7, 11) is 0. The quantitative estimate of drug-likeness (QED) is 0.460. The first kappa shape index (κ1) is 7.21. The summed E-state index contributed by atoms with van der Waals surface area (Å²) in [6.07, 6.45) is 9.25. The van der Waals surface area contributed by atoms with Crippen molar-refractivity contribution in [2.24, 2.45) is 0 Å². The Kier molecular flexibility index (Phi) is 1.89. The van der Waals surface area contributed by atoms with Gasteiger partial charge in [-0.25, -0.2) is 0 Å². The van der Waals surface area contributed by atoms with Crippen molar-refractivity contribution in [3.05, 3.63) is 23.2 Å². The van der Waals surface area contributed by atoms with Crippen molar-refractivity contribution in [2.45, 2.75) is 38.8 Å². The molecule has 11 heavy (non-hydrogen) atoms. The first-order valence-corrected chi connectivity index (χ1v) is 4.76.